The molecule has 9 heteroatoms. The van der Waals surface area contributed by atoms with Crippen molar-refractivity contribution in [2.75, 3.05) is 11.9 Å². The minimum Gasteiger partial charge on any atom is -0.466 e. The number of carbonyl (C=O) groups excluding carboxylic acids is 2. The van der Waals surface area contributed by atoms with Gasteiger partial charge in [-0.05, 0) is 60.4 Å². The highest BCUT2D eigenvalue weighted by atomic mass is 19.4. The van der Waals surface area contributed by atoms with Crippen LogP contribution < -0.4 is 5.32 Å². The van der Waals surface area contributed by atoms with Crippen molar-refractivity contribution in [2.24, 2.45) is 0 Å². The average Bonchev–Trinajstić information content (AvgIpc) is 3.26. The molecular weight excluding hydrogens is 459 g/mol. The summed E-state index contributed by atoms with van der Waals surface area (Å²) in [7, 11) is 0. The molecule has 0 spiro atoms. The molecule has 0 unspecified atom stereocenters. The first-order valence-corrected chi connectivity index (χ1v) is 10.9. The first kappa shape index (κ1) is 24.0. The molecule has 180 valence electrons. The predicted octanol–water partition coefficient (Wildman–Crippen LogP) is 5.30. The lowest BCUT2D eigenvalue weighted by atomic mass is 10.0. The molecule has 0 saturated heterocycles. The summed E-state index contributed by atoms with van der Waals surface area (Å²) in [5, 5.41) is 7.07. The topological polar surface area (TPSA) is 72.7 Å². The fourth-order valence-corrected chi connectivity index (χ4v) is 3.74. The number of carbonyl (C=O) groups is 2. The maximum absolute atomic E-state index is 13.0. The summed E-state index contributed by atoms with van der Waals surface area (Å²) in [6.45, 7) is 2.05. The van der Waals surface area contributed by atoms with Crippen molar-refractivity contribution >= 4 is 23.1 Å². The van der Waals surface area contributed by atoms with Gasteiger partial charge in [-0.25, -0.2) is 4.52 Å². The third-order valence-corrected chi connectivity index (χ3v) is 5.41. The van der Waals surface area contributed by atoms with Gasteiger partial charge in [-0.1, -0.05) is 30.3 Å². The molecule has 1 N–H and O–H groups in total. The Labute approximate surface area is 199 Å². The van der Waals surface area contributed by atoms with Gasteiger partial charge in [0.1, 0.15) is 0 Å². The minimum atomic E-state index is -4.40. The summed E-state index contributed by atoms with van der Waals surface area (Å²) in [6, 6.07) is 15.4. The van der Waals surface area contributed by atoms with Crippen LogP contribution in [0.15, 0.2) is 73.1 Å². The molecule has 6 nitrogen and oxygen atoms in total. The van der Waals surface area contributed by atoms with E-state index in [0.717, 1.165) is 23.3 Å². The normalized spacial score (nSPS) is 11.4. The molecule has 0 atom stereocenters. The zero-order valence-corrected chi connectivity index (χ0v) is 18.8. The highest BCUT2D eigenvalue weighted by Gasteiger charge is 2.30. The minimum absolute atomic E-state index is 0.142. The number of hydrogen-bond acceptors (Lipinski definition) is 4. The molecule has 0 saturated carbocycles. The fraction of sp³-hybridized carbons (Fsp3) is 0.192. The number of nitrogens with zero attached hydrogens (tertiary/aromatic N) is 2. The van der Waals surface area contributed by atoms with Crippen molar-refractivity contribution in [1.82, 2.24) is 9.61 Å². The molecule has 0 radical (unpaired) electrons. The molecule has 2 heterocycles. The third-order valence-electron chi connectivity index (χ3n) is 5.41. The van der Waals surface area contributed by atoms with Gasteiger partial charge in [0.15, 0.2) is 0 Å². The van der Waals surface area contributed by atoms with Crippen LogP contribution in [-0.2, 0) is 28.5 Å². The highest BCUT2D eigenvalue weighted by molar-refractivity contribution is 6.09. The van der Waals surface area contributed by atoms with E-state index < -0.39 is 11.7 Å². The van der Waals surface area contributed by atoms with E-state index in [9.17, 15) is 22.8 Å². The van der Waals surface area contributed by atoms with E-state index in [2.05, 4.69) is 10.4 Å². The standard InChI is InChI=1S/C26H22F3N3O3/c1-2-35-23(33)15-18-7-11-21(12-8-18)31-25(34)22-16-30-32-13-3-4-19(24(22)32)14-17-5-9-20(10-6-17)26(27,28)29/h3-13,16H,2,14-15H2,1H3,(H,31,34). The van der Waals surface area contributed by atoms with Crippen LogP contribution in [0.2, 0.25) is 0 Å². The summed E-state index contributed by atoms with van der Waals surface area (Å²) in [5.41, 5.74) is 2.93. The summed E-state index contributed by atoms with van der Waals surface area (Å²) < 4.78 is 45.1. The molecule has 0 aliphatic carbocycles. The molecule has 2 aromatic heterocycles. The van der Waals surface area contributed by atoms with Crippen LogP contribution in [0, 0.1) is 0 Å². The molecule has 35 heavy (non-hydrogen) atoms. The zero-order chi connectivity index (χ0) is 25.0. The SMILES string of the molecule is CCOC(=O)Cc1ccc(NC(=O)c2cnn3cccc(Cc4ccc(C(F)(F)F)cc4)c23)cc1. The van der Waals surface area contributed by atoms with Crippen molar-refractivity contribution in [3.05, 3.63) is 101 Å². The smallest absolute Gasteiger partial charge is 0.416 e. The van der Waals surface area contributed by atoms with Crippen molar-refractivity contribution in [1.29, 1.82) is 0 Å². The first-order chi connectivity index (χ1) is 16.7. The molecule has 0 aliphatic rings. The van der Waals surface area contributed by atoms with Crippen LogP contribution in [0.1, 0.15) is 39.5 Å². The Bertz CT molecular complexity index is 1340. The Morgan fingerprint density at radius 3 is 2.34 bits per heavy atom. The Balaban J connectivity index is 1.53. The van der Waals surface area contributed by atoms with E-state index in [1.807, 2.05) is 6.07 Å². The van der Waals surface area contributed by atoms with E-state index in [1.54, 1.807) is 48.0 Å². The Hall–Kier alpha value is -4.14. The number of benzene rings is 2. The lowest BCUT2D eigenvalue weighted by molar-refractivity contribution is -0.142. The van der Waals surface area contributed by atoms with Crippen LogP contribution in [0.3, 0.4) is 0 Å². The number of amides is 1. The second kappa shape index (κ2) is 10.0. The van der Waals surface area contributed by atoms with Crippen LogP contribution in [0.25, 0.3) is 5.52 Å². The summed E-state index contributed by atoms with van der Waals surface area (Å²) in [5.74, 6) is -0.700. The van der Waals surface area contributed by atoms with E-state index in [1.165, 1.54) is 18.3 Å². The van der Waals surface area contributed by atoms with E-state index >= 15 is 0 Å². The summed E-state index contributed by atoms with van der Waals surface area (Å²) in [4.78, 5) is 24.7. The van der Waals surface area contributed by atoms with Gasteiger partial charge in [-0.2, -0.15) is 18.3 Å². The van der Waals surface area contributed by atoms with Crippen molar-refractivity contribution in [3.63, 3.8) is 0 Å². The number of anilines is 1. The van der Waals surface area contributed by atoms with Gasteiger partial charge in [0.2, 0.25) is 0 Å². The van der Waals surface area contributed by atoms with Crippen LogP contribution in [0.4, 0.5) is 18.9 Å². The van der Waals surface area contributed by atoms with Gasteiger partial charge < -0.3 is 10.1 Å². The van der Waals surface area contributed by atoms with Crippen molar-refractivity contribution in [2.45, 2.75) is 25.9 Å². The quantitative estimate of drug-likeness (QED) is 0.364. The Morgan fingerprint density at radius 1 is 1.00 bits per heavy atom. The molecule has 2 aromatic carbocycles. The lowest BCUT2D eigenvalue weighted by Gasteiger charge is -2.10. The average molecular weight is 481 g/mol. The van der Waals surface area contributed by atoms with Crippen LogP contribution in [-0.4, -0.2) is 28.1 Å². The summed E-state index contributed by atoms with van der Waals surface area (Å²) in [6.07, 6.45) is -0.769. The van der Waals surface area contributed by atoms with Crippen LogP contribution in [0.5, 0.6) is 0 Å². The maximum Gasteiger partial charge on any atom is 0.416 e. The van der Waals surface area contributed by atoms with E-state index in [4.69, 9.17) is 4.74 Å². The number of fused-ring (bicyclic) bond motifs is 1. The lowest BCUT2D eigenvalue weighted by Crippen LogP contribution is -2.12. The Morgan fingerprint density at radius 2 is 1.69 bits per heavy atom. The molecule has 4 aromatic rings. The second-order valence-corrected chi connectivity index (χ2v) is 7.89. The number of rotatable bonds is 7. The van der Waals surface area contributed by atoms with Gasteiger partial charge in [0, 0.05) is 11.9 Å². The van der Waals surface area contributed by atoms with Gasteiger partial charge in [-0.15, -0.1) is 0 Å². The largest absolute Gasteiger partial charge is 0.466 e. The number of ether oxygens (including phenoxy) is 1. The van der Waals surface area contributed by atoms with Gasteiger partial charge >= 0.3 is 12.1 Å². The van der Waals surface area contributed by atoms with Gasteiger partial charge in [0.25, 0.3) is 5.91 Å². The van der Waals surface area contributed by atoms with Gasteiger partial charge in [0.05, 0.1) is 35.9 Å². The Kier molecular flexibility index (Phi) is 6.86. The number of esters is 1. The zero-order valence-electron chi connectivity index (χ0n) is 18.8. The molecule has 1 amide bonds. The number of halogens is 3. The molecule has 0 fully saturated rings. The number of aromatic nitrogens is 2. The highest BCUT2D eigenvalue weighted by Crippen LogP contribution is 2.30. The van der Waals surface area contributed by atoms with Gasteiger partial charge in [-0.3, -0.25) is 9.59 Å². The number of pyridine rings is 1. The monoisotopic (exact) mass is 481 g/mol. The molecule has 0 bridgehead atoms. The molecular formula is C26H22F3N3O3. The van der Waals surface area contributed by atoms with Crippen molar-refractivity contribution in [3.8, 4) is 0 Å². The number of alkyl halides is 3. The molecule has 0 aliphatic heterocycles. The summed E-state index contributed by atoms with van der Waals surface area (Å²) >= 11 is 0. The maximum atomic E-state index is 13.0. The van der Waals surface area contributed by atoms with E-state index in [-0.39, 0.29) is 18.3 Å². The number of nitrogens with one attached hydrogen (secondary N) is 1. The second-order valence-electron chi connectivity index (χ2n) is 7.89. The fourth-order valence-electron chi connectivity index (χ4n) is 3.74. The first-order valence-electron chi connectivity index (χ1n) is 10.9. The van der Waals surface area contributed by atoms with Crippen molar-refractivity contribution < 1.29 is 27.5 Å². The predicted molar refractivity (Wildman–Crippen MR) is 124 cm³/mol. The number of hydrogen-bond donors (Lipinski definition) is 1. The molecule has 4 rings (SSSR count). The van der Waals surface area contributed by atoms with Crippen LogP contribution >= 0.6 is 0 Å². The van der Waals surface area contributed by atoms with E-state index in [0.29, 0.717) is 35.4 Å². The third kappa shape index (κ3) is 5.68.